The van der Waals surface area contributed by atoms with Gasteiger partial charge in [0, 0.05) is 19.5 Å². The highest BCUT2D eigenvalue weighted by molar-refractivity contribution is 6.13. The van der Waals surface area contributed by atoms with E-state index in [0.29, 0.717) is 6.54 Å². The number of amides is 1. The van der Waals surface area contributed by atoms with Crippen molar-refractivity contribution in [2.75, 3.05) is 13.1 Å². The van der Waals surface area contributed by atoms with Crippen LogP contribution in [0.25, 0.3) is 0 Å². The number of hydrogen-bond donors (Lipinski definition) is 2. The average Bonchev–Trinajstić information content (AvgIpc) is 2.69. The van der Waals surface area contributed by atoms with Crippen LogP contribution in [0.5, 0.6) is 0 Å². The fourth-order valence-corrected chi connectivity index (χ4v) is 2.64. The van der Waals surface area contributed by atoms with Crippen LogP contribution in [-0.4, -0.2) is 24.7 Å². The molecule has 1 aromatic rings. The summed E-state index contributed by atoms with van der Waals surface area (Å²) < 4.78 is 0. The summed E-state index contributed by atoms with van der Waals surface area (Å²) in [4.78, 5) is 12.1. The Morgan fingerprint density at radius 2 is 2.12 bits per heavy atom. The van der Waals surface area contributed by atoms with E-state index in [9.17, 15) is 4.79 Å². The third kappa shape index (κ3) is 1.65. The predicted octanol–water partition coefficient (Wildman–Crippen LogP) is 0.695. The van der Waals surface area contributed by atoms with Crippen molar-refractivity contribution in [2.45, 2.75) is 12.8 Å². The van der Waals surface area contributed by atoms with Crippen molar-refractivity contribution in [3.05, 3.63) is 35.9 Å². The largest absolute Gasteiger partial charge is 0.315 e. The Bertz CT molecular complexity index is 469. The molecule has 0 spiro atoms. The lowest BCUT2D eigenvalue weighted by molar-refractivity contribution is -0.126. The highest BCUT2D eigenvalue weighted by atomic mass is 16.2. The summed E-state index contributed by atoms with van der Waals surface area (Å²) in [6.45, 7) is 1.59. The van der Waals surface area contributed by atoms with Crippen molar-refractivity contribution in [1.82, 2.24) is 10.7 Å². The summed E-state index contributed by atoms with van der Waals surface area (Å²) in [5.41, 5.74) is 4.36. The zero-order valence-corrected chi connectivity index (χ0v) is 9.57. The first-order valence-electron chi connectivity index (χ1n) is 5.93. The van der Waals surface area contributed by atoms with Gasteiger partial charge in [0.1, 0.15) is 5.41 Å². The minimum atomic E-state index is -0.459. The van der Waals surface area contributed by atoms with Crippen LogP contribution in [0.2, 0.25) is 0 Å². The molecule has 1 atom stereocenters. The Kier molecular flexibility index (Phi) is 2.44. The lowest BCUT2D eigenvalue weighted by Crippen LogP contribution is -2.52. The number of hydrazone groups is 1. The van der Waals surface area contributed by atoms with Gasteiger partial charge in [0.15, 0.2) is 0 Å². The fourth-order valence-electron chi connectivity index (χ4n) is 2.64. The maximum absolute atomic E-state index is 12.1. The van der Waals surface area contributed by atoms with E-state index in [1.165, 1.54) is 5.56 Å². The quantitative estimate of drug-likeness (QED) is 0.784. The van der Waals surface area contributed by atoms with Crippen molar-refractivity contribution in [2.24, 2.45) is 10.5 Å². The van der Waals surface area contributed by atoms with Crippen LogP contribution in [0.3, 0.4) is 0 Å². The molecule has 3 rings (SSSR count). The lowest BCUT2D eigenvalue weighted by Gasteiger charge is -2.32. The van der Waals surface area contributed by atoms with E-state index >= 15 is 0 Å². The summed E-state index contributed by atoms with van der Waals surface area (Å²) in [5, 5.41) is 7.49. The molecule has 0 saturated carbocycles. The molecule has 17 heavy (non-hydrogen) atoms. The molecule has 1 aromatic carbocycles. The van der Waals surface area contributed by atoms with E-state index in [-0.39, 0.29) is 5.91 Å². The molecule has 4 nitrogen and oxygen atoms in total. The van der Waals surface area contributed by atoms with Crippen molar-refractivity contribution < 1.29 is 4.79 Å². The minimum absolute atomic E-state index is 0.0311. The van der Waals surface area contributed by atoms with Crippen LogP contribution in [0, 0.1) is 5.41 Å². The van der Waals surface area contributed by atoms with Gasteiger partial charge in [-0.15, -0.1) is 0 Å². The Labute approximate surface area is 100 Å². The van der Waals surface area contributed by atoms with Gasteiger partial charge < -0.3 is 5.32 Å². The molecule has 4 heteroatoms. The number of hydrogen-bond acceptors (Lipinski definition) is 3. The van der Waals surface area contributed by atoms with Gasteiger partial charge >= 0.3 is 0 Å². The van der Waals surface area contributed by atoms with Crippen molar-refractivity contribution in [3.63, 3.8) is 0 Å². The molecule has 2 N–H and O–H groups in total. The summed E-state index contributed by atoms with van der Waals surface area (Å²) in [6, 6.07) is 10.1. The standard InChI is InChI=1S/C13H15N3O/c17-12-13(8-10-4-2-1-3-5-10)9-14-7-6-11(13)15-16-12/h1-5,14H,6-9H2,(H,16,17). The first-order chi connectivity index (χ1) is 8.31. The minimum Gasteiger partial charge on any atom is -0.315 e. The molecule has 1 saturated heterocycles. The van der Waals surface area contributed by atoms with Gasteiger partial charge in [0.25, 0.3) is 5.91 Å². The summed E-state index contributed by atoms with van der Waals surface area (Å²) >= 11 is 0. The number of benzene rings is 1. The van der Waals surface area contributed by atoms with E-state index in [2.05, 4.69) is 28.0 Å². The molecule has 88 valence electrons. The molecule has 2 aliphatic rings. The molecule has 2 heterocycles. The van der Waals surface area contributed by atoms with Crippen molar-refractivity contribution in [1.29, 1.82) is 0 Å². The first kappa shape index (κ1) is 10.5. The Morgan fingerprint density at radius 3 is 2.94 bits per heavy atom. The third-order valence-electron chi connectivity index (χ3n) is 3.59. The molecule has 2 aliphatic heterocycles. The van der Waals surface area contributed by atoms with Gasteiger partial charge in [0.05, 0.1) is 5.71 Å². The zero-order chi connectivity index (χ0) is 11.7. The SMILES string of the molecule is O=C1NN=C2CCNCC12Cc1ccccc1. The number of carbonyl (C=O) groups excluding carboxylic acids is 1. The Morgan fingerprint density at radius 1 is 1.29 bits per heavy atom. The van der Waals surface area contributed by atoms with Crippen LogP contribution in [-0.2, 0) is 11.2 Å². The molecule has 1 unspecified atom stereocenters. The van der Waals surface area contributed by atoms with Gasteiger partial charge in [-0.25, -0.2) is 5.43 Å². The Hall–Kier alpha value is -1.68. The number of nitrogens with one attached hydrogen (secondary N) is 2. The van der Waals surface area contributed by atoms with Gasteiger partial charge in [-0.3, -0.25) is 4.79 Å². The fraction of sp³-hybridized carbons (Fsp3) is 0.385. The Balaban J connectivity index is 1.93. The molecular weight excluding hydrogens is 214 g/mol. The maximum Gasteiger partial charge on any atom is 0.253 e. The summed E-state index contributed by atoms with van der Waals surface area (Å²) in [7, 11) is 0. The third-order valence-corrected chi connectivity index (χ3v) is 3.59. The second-order valence-electron chi connectivity index (χ2n) is 4.67. The van der Waals surface area contributed by atoms with Crippen molar-refractivity contribution in [3.8, 4) is 0 Å². The number of nitrogens with zero attached hydrogens (tertiary/aromatic N) is 1. The molecule has 0 aliphatic carbocycles. The van der Waals surface area contributed by atoms with E-state index < -0.39 is 5.41 Å². The smallest absolute Gasteiger partial charge is 0.253 e. The van der Waals surface area contributed by atoms with Crippen molar-refractivity contribution >= 4 is 11.6 Å². The van der Waals surface area contributed by atoms with E-state index in [1.54, 1.807) is 0 Å². The van der Waals surface area contributed by atoms with E-state index in [4.69, 9.17) is 0 Å². The molecule has 1 amide bonds. The van der Waals surface area contributed by atoms with Crippen LogP contribution in [0.1, 0.15) is 12.0 Å². The van der Waals surface area contributed by atoms with Gasteiger partial charge in [0.2, 0.25) is 0 Å². The monoisotopic (exact) mass is 229 g/mol. The van der Waals surface area contributed by atoms with Crippen LogP contribution in [0.4, 0.5) is 0 Å². The second-order valence-corrected chi connectivity index (χ2v) is 4.67. The molecule has 0 bridgehead atoms. The zero-order valence-electron chi connectivity index (χ0n) is 9.57. The van der Waals surface area contributed by atoms with Gasteiger partial charge in [-0.1, -0.05) is 30.3 Å². The molecule has 0 aromatic heterocycles. The van der Waals surface area contributed by atoms with Gasteiger partial charge in [-0.05, 0) is 12.0 Å². The lowest BCUT2D eigenvalue weighted by atomic mass is 9.74. The molecule has 1 fully saturated rings. The predicted molar refractivity (Wildman–Crippen MR) is 65.6 cm³/mol. The summed E-state index contributed by atoms with van der Waals surface area (Å²) in [5.74, 6) is 0.0311. The van der Waals surface area contributed by atoms with Crippen LogP contribution >= 0.6 is 0 Å². The average molecular weight is 229 g/mol. The number of carbonyl (C=O) groups is 1. The number of piperidine rings is 1. The first-order valence-corrected chi connectivity index (χ1v) is 5.93. The van der Waals surface area contributed by atoms with E-state index in [1.807, 2.05) is 18.2 Å². The number of fused-ring (bicyclic) bond motifs is 1. The summed E-state index contributed by atoms with van der Waals surface area (Å²) in [6.07, 6.45) is 1.58. The van der Waals surface area contributed by atoms with Crippen LogP contribution < -0.4 is 10.7 Å². The highest BCUT2D eigenvalue weighted by Crippen LogP contribution is 2.31. The van der Waals surface area contributed by atoms with Crippen LogP contribution in [0.15, 0.2) is 35.4 Å². The highest BCUT2D eigenvalue weighted by Gasteiger charge is 2.48. The van der Waals surface area contributed by atoms with E-state index in [0.717, 1.165) is 25.1 Å². The number of rotatable bonds is 2. The second kappa shape index (κ2) is 3.96. The normalized spacial score (nSPS) is 27.3. The maximum atomic E-state index is 12.1. The van der Waals surface area contributed by atoms with Gasteiger partial charge in [-0.2, -0.15) is 5.10 Å². The molecular formula is C13H15N3O. The topological polar surface area (TPSA) is 53.5 Å². The molecule has 0 radical (unpaired) electrons.